The van der Waals surface area contributed by atoms with Crippen molar-refractivity contribution in [2.75, 3.05) is 12.4 Å². The molecular formula is C19H26FO6S-. The summed E-state index contributed by atoms with van der Waals surface area (Å²) in [5.74, 6) is -2.21. The fourth-order valence-electron chi connectivity index (χ4n) is 3.34. The molecule has 1 fully saturated rings. The van der Waals surface area contributed by atoms with Gasteiger partial charge in [0.15, 0.2) is 11.6 Å². The molecule has 0 amide bonds. The molecule has 6 nitrogen and oxygen atoms in total. The summed E-state index contributed by atoms with van der Waals surface area (Å²) in [7, 11) is -4.47. The number of esters is 1. The topological polar surface area (TPSA) is 92.7 Å². The first-order chi connectivity index (χ1) is 12.7. The third-order valence-electron chi connectivity index (χ3n) is 4.97. The minimum atomic E-state index is -4.47. The number of carbonyl (C=O) groups excluding carboxylic acids is 1. The molecule has 1 aromatic carbocycles. The molecule has 0 bridgehead atoms. The number of hydrogen-bond donors (Lipinski definition) is 0. The molecule has 1 aliphatic rings. The van der Waals surface area contributed by atoms with Crippen molar-refractivity contribution in [3.05, 3.63) is 29.6 Å². The van der Waals surface area contributed by atoms with Gasteiger partial charge in [-0.2, -0.15) is 0 Å². The lowest BCUT2D eigenvalue weighted by Gasteiger charge is -2.35. The standard InChI is InChI=1S/C19H27FO6S/c1-2-19(10-6-4-3-5-7-11-19)26-17-14-15(8-9-16(17)20)18(21)25-12-13-27(22,23)24/h8-9,14H,2-7,10-13H2,1H3,(H,22,23,24)/p-1. The van der Waals surface area contributed by atoms with E-state index in [1.54, 1.807) is 0 Å². The summed E-state index contributed by atoms with van der Waals surface area (Å²) < 4.78 is 56.9. The van der Waals surface area contributed by atoms with E-state index in [9.17, 15) is 22.2 Å². The van der Waals surface area contributed by atoms with Crippen LogP contribution in [-0.4, -0.2) is 36.9 Å². The first-order valence-corrected chi connectivity index (χ1v) is 10.9. The van der Waals surface area contributed by atoms with E-state index in [4.69, 9.17) is 9.47 Å². The normalized spacial score (nSPS) is 17.6. The maximum Gasteiger partial charge on any atom is 0.338 e. The zero-order valence-electron chi connectivity index (χ0n) is 15.5. The molecule has 1 aromatic rings. The van der Waals surface area contributed by atoms with Crippen LogP contribution in [0.1, 0.15) is 68.6 Å². The van der Waals surface area contributed by atoms with Crippen LogP contribution in [0.25, 0.3) is 0 Å². The van der Waals surface area contributed by atoms with Crippen molar-refractivity contribution >= 4 is 16.1 Å². The van der Waals surface area contributed by atoms with E-state index in [0.717, 1.165) is 51.0 Å². The second-order valence-electron chi connectivity index (χ2n) is 6.95. The number of rotatable bonds is 7. The summed E-state index contributed by atoms with van der Waals surface area (Å²) in [4.78, 5) is 12.0. The van der Waals surface area contributed by atoms with Crippen molar-refractivity contribution in [1.29, 1.82) is 0 Å². The molecule has 0 heterocycles. The zero-order chi connectivity index (χ0) is 19.9. The van der Waals surface area contributed by atoms with Crippen LogP contribution >= 0.6 is 0 Å². The van der Waals surface area contributed by atoms with Gasteiger partial charge >= 0.3 is 5.97 Å². The molecular weight excluding hydrogens is 375 g/mol. The van der Waals surface area contributed by atoms with Crippen LogP contribution < -0.4 is 4.74 Å². The smallest absolute Gasteiger partial charge is 0.338 e. The highest BCUT2D eigenvalue weighted by Gasteiger charge is 2.31. The van der Waals surface area contributed by atoms with Crippen molar-refractivity contribution in [2.24, 2.45) is 0 Å². The highest BCUT2D eigenvalue weighted by Crippen LogP contribution is 2.35. The van der Waals surface area contributed by atoms with E-state index < -0.39 is 39.9 Å². The first-order valence-electron chi connectivity index (χ1n) is 9.34. The molecule has 0 atom stereocenters. The molecule has 0 aliphatic heterocycles. The number of benzene rings is 1. The van der Waals surface area contributed by atoms with Crippen LogP contribution in [0.2, 0.25) is 0 Å². The van der Waals surface area contributed by atoms with Crippen LogP contribution in [0.15, 0.2) is 18.2 Å². The van der Waals surface area contributed by atoms with E-state index >= 15 is 0 Å². The van der Waals surface area contributed by atoms with E-state index in [2.05, 4.69) is 0 Å². The van der Waals surface area contributed by atoms with Gasteiger partial charge in [0.05, 0.1) is 21.4 Å². The first kappa shape index (κ1) is 21.6. The number of halogens is 1. The Morgan fingerprint density at radius 2 is 1.81 bits per heavy atom. The average molecular weight is 401 g/mol. The Hall–Kier alpha value is -1.67. The third kappa shape index (κ3) is 6.77. The lowest BCUT2D eigenvalue weighted by molar-refractivity contribution is 0.0325. The van der Waals surface area contributed by atoms with Gasteiger partial charge in [-0.15, -0.1) is 0 Å². The lowest BCUT2D eigenvalue weighted by Crippen LogP contribution is -2.36. The van der Waals surface area contributed by atoms with E-state index in [0.29, 0.717) is 0 Å². The summed E-state index contributed by atoms with van der Waals surface area (Å²) in [5.41, 5.74) is -0.410. The monoisotopic (exact) mass is 401 g/mol. The third-order valence-corrected chi connectivity index (χ3v) is 5.64. The molecule has 1 aliphatic carbocycles. The quantitative estimate of drug-likeness (QED) is 0.510. The van der Waals surface area contributed by atoms with Gasteiger partial charge in [0.1, 0.15) is 12.2 Å². The van der Waals surface area contributed by atoms with Gasteiger partial charge in [-0.3, -0.25) is 0 Å². The van der Waals surface area contributed by atoms with Crippen LogP contribution in [0, 0.1) is 5.82 Å². The Bertz CT molecular complexity index is 739. The van der Waals surface area contributed by atoms with Crippen LogP contribution in [0.4, 0.5) is 4.39 Å². The molecule has 1 saturated carbocycles. The van der Waals surface area contributed by atoms with Crippen molar-refractivity contribution in [3.63, 3.8) is 0 Å². The van der Waals surface area contributed by atoms with E-state index in [-0.39, 0.29) is 11.3 Å². The maximum absolute atomic E-state index is 14.3. The molecule has 0 aromatic heterocycles. The minimum Gasteiger partial charge on any atom is -0.748 e. The van der Waals surface area contributed by atoms with Crippen molar-refractivity contribution < 1.29 is 31.6 Å². The highest BCUT2D eigenvalue weighted by molar-refractivity contribution is 7.85. The van der Waals surface area contributed by atoms with Gasteiger partial charge in [0.25, 0.3) is 0 Å². The fraction of sp³-hybridized carbons (Fsp3) is 0.632. The second-order valence-corrected chi connectivity index (χ2v) is 8.47. The summed E-state index contributed by atoms with van der Waals surface area (Å²) in [6.45, 7) is 1.47. The molecule has 0 N–H and O–H groups in total. The van der Waals surface area contributed by atoms with Crippen LogP contribution in [0.3, 0.4) is 0 Å². The zero-order valence-corrected chi connectivity index (χ0v) is 16.4. The summed E-state index contributed by atoms with van der Waals surface area (Å²) in [5, 5.41) is 0. The van der Waals surface area contributed by atoms with Gasteiger partial charge < -0.3 is 14.0 Å². The molecule has 8 heteroatoms. The molecule has 2 rings (SSSR count). The van der Waals surface area contributed by atoms with Crippen LogP contribution in [0.5, 0.6) is 5.75 Å². The Morgan fingerprint density at radius 1 is 1.19 bits per heavy atom. The average Bonchev–Trinajstić information content (AvgIpc) is 2.58. The fourth-order valence-corrected chi connectivity index (χ4v) is 3.63. The Balaban J connectivity index is 2.12. The SMILES string of the molecule is CCC1(Oc2cc(C(=O)OCCS(=O)(=O)[O-])ccc2F)CCCCCCC1. The molecule has 152 valence electrons. The molecule has 0 unspecified atom stereocenters. The predicted molar refractivity (Wildman–Crippen MR) is 97.2 cm³/mol. The van der Waals surface area contributed by atoms with Crippen LogP contribution in [-0.2, 0) is 14.9 Å². The second kappa shape index (κ2) is 9.50. The highest BCUT2D eigenvalue weighted by atomic mass is 32.2. The summed E-state index contributed by atoms with van der Waals surface area (Å²) >= 11 is 0. The molecule has 0 saturated heterocycles. The maximum atomic E-state index is 14.3. The van der Waals surface area contributed by atoms with E-state index in [1.165, 1.54) is 18.6 Å². The largest absolute Gasteiger partial charge is 0.748 e. The predicted octanol–water partition coefficient (Wildman–Crippen LogP) is 3.80. The number of hydrogen-bond acceptors (Lipinski definition) is 6. The number of carbonyl (C=O) groups is 1. The molecule has 27 heavy (non-hydrogen) atoms. The van der Waals surface area contributed by atoms with Gasteiger partial charge in [0, 0.05) is 0 Å². The summed E-state index contributed by atoms with van der Waals surface area (Å²) in [6.07, 6.45) is 7.89. The van der Waals surface area contributed by atoms with Gasteiger partial charge in [-0.25, -0.2) is 17.6 Å². The summed E-state index contributed by atoms with van der Waals surface area (Å²) in [6, 6.07) is 3.65. The lowest BCUT2D eigenvalue weighted by atomic mass is 9.85. The Kier molecular flexibility index (Phi) is 7.61. The van der Waals surface area contributed by atoms with Gasteiger partial charge in [0.2, 0.25) is 0 Å². The van der Waals surface area contributed by atoms with Crippen molar-refractivity contribution in [2.45, 2.75) is 63.9 Å². The van der Waals surface area contributed by atoms with Gasteiger partial charge in [-0.05, 0) is 50.3 Å². The van der Waals surface area contributed by atoms with Gasteiger partial charge in [-0.1, -0.05) is 26.2 Å². The molecule has 0 spiro atoms. The minimum absolute atomic E-state index is 0.0108. The number of ether oxygens (including phenoxy) is 2. The van der Waals surface area contributed by atoms with Crippen molar-refractivity contribution in [3.8, 4) is 5.75 Å². The Morgan fingerprint density at radius 3 is 2.41 bits per heavy atom. The molecule has 0 radical (unpaired) electrons. The van der Waals surface area contributed by atoms with Crippen molar-refractivity contribution in [1.82, 2.24) is 0 Å². The van der Waals surface area contributed by atoms with E-state index in [1.807, 2.05) is 6.92 Å². The Labute approximate surface area is 159 Å².